The molecule has 9 heteroatoms. The number of amides is 1. The third kappa shape index (κ3) is 5.31. The van der Waals surface area contributed by atoms with Crippen molar-refractivity contribution in [3.05, 3.63) is 0 Å². The maximum absolute atomic E-state index is 12.6. The first-order valence-corrected chi connectivity index (χ1v) is 11.5. The number of fused-ring (bicyclic) bond motifs is 1. The number of aliphatic hydroxyl groups is 1. The van der Waals surface area contributed by atoms with Crippen molar-refractivity contribution >= 4 is 18.0 Å². The van der Waals surface area contributed by atoms with E-state index in [1.807, 2.05) is 0 Å². The molecule has 1 amide bonds. The first kappa shape index (κ1) is 23.8. The molecule has 1 aliphatic carbocycles. The number of hydrogen-bond acceptors (Lipinski definition) is 8. The standard InChI is InChI=1S/C22H36N2O7/c1-4-30-20(26)18-9-8-17(25)13-23(18)16-7-6-14-12-24(22(28)29-3)19(11-15(14)10-16)21(27)31-5-2/h14-19,25H,4-13H2,1-3H3/t14?,15?,16?,17-,18?,19?/m0/s1. The van der Waals surface area contributed by atoms with E-state index < -0.39 is 24.2 Å². The number of piperidine rings is 2. The van der Waals surface area contributed by atoms with Crippen molar-refractivity contribution in [2.75, 3.05) is 33.4 Å². The molecule has 0 aromatic rings. The van der Waals surface area contributed by atoms with Crippen molar-refractivity contribution in [2.24, 2.45) is 11.8 Å². The largest absolute Gasteiger partial charge is 0.465 e. The maximum Gasteiger partial charge on any atom is 0.410 e. The molecule has 1 N–H and O–H groups in total. The van der Waals surface area contributed by atoms with Crippen molar-refractivity contribution < 1.29 is 33.7 Å². The quantitative estimate of drug-likeness (QED) is 0.507. The van der Waals surface area contributed by atoms with Gasteiger partial charge in [-0.05, 0) is 64.2 Å². The minimum absolute atomic E-state index is 0.137. The summed E-state index contributed by atoms with van der Waals surface area (Å²) in [5.74, 6) is -0.111. The Labute approximate surface area is 184 Å². The maximum atomic E-state index is 12.6. The second-order valence-corrected chi connectivity index (χ2v) is 8.81. The normalized spacial score (nSPS) is 33.9. The molecule has 0 radical (unpaired) electrons. The molecule has 0 spiro atoms. The highest BCUT2D eigenvalue weighted by Gasteiger charge is 2.47. The molecule has 0 aromatic heterocycles. The molecular weight excluding hydrogens is 404 g/mol. The van der Waals surface area contributed by atoms with Gasteiger partial charge >= 0.3 is 18.0 Å². The van der Waals surface area contributed by atoms with Crippen molar-refractivity contribution in [1.82, 2.24) is 9.80 Å². The van der Waals surface area contributed by atoms with E-state index in [1.54, 1.807) is 13.8 Å². The molecule has 3 aliphatic rings. The van der Waals surface area contributed by atoms with Crippen LogP contribution in [0.4, 0.5) is 4.79 Å². The van der Waals surface area contributed by atoms with Gasteiger partial charge in [-0.3, -0.25) is 14.6 Å². The summed E-state index contributed by atoms with van der Waals surface area (Å²) in [6.45, 7) is 5.08. The van der Waals surface area contributed by atoms with Crippen LogP contribution in [0.2, 0.25) is 0 Å². The minimum atomic E-state index is -0.653. The molecule has 5 unspecified atom stereocenters. The molecule has 0 bridgehead atoms. The predicted molar refractivity (Wildman–Crippen MR) is 111 cm³/mol. The Kier molecular flexibility index (Phi) is 8.16. The second-order valence-electron chi connectivity index (χ2n) is 8.81. The number of rotatable bonds is 5. The number of methoxy groups -OCH3 is 1. The van der Waals surface area contributed by atoms with E-state index in [2.05, 4.69) is 4.90 Å². The summed E-state index contributed by atoms with van der Waals surface area (Å²) < 4.78 is 15.4. The fourth-order valence-electron chi connectivity index (χ4n) is 5.58. The fourth-order valence-corrected chi connectivity index (χ4v) is 5.58. The first-order valence-electron chi connectivity index (χ1n) is 11.5. The van der Waals surface area contributed by atoms with E-state index in [9.17, 15) is 19.5 Å². The lowest BCUT2D eigenvalue weighted by Gasteiger charge is -2.50. The van der Waals surface area contributed by atoms with Gasteiger partial charge in [0.2, 0.25) is 0 Å². The molecule has 31 heavy (non-hydrogen) atoms. The van der Waals surface area contributed by atoms with Crippen molar-refractivity contribution in [3.63, 3.8) is 0 Å². The summed E-state index contributed by atoms with van der Waals surface area (Å²) in [5, 5.41) is 10.3. The number of carbonyl (C=O) groups excluding carboxylic acids is 3. The zero-order valence-corrected chi connectivity index (χ0v) is 18.8. The van der Waals surface area contributed by atoms with E-state index in [1.165, 1.54) is 12.0 Å². The Hall–Kier alpha value is -1.87. The number of β-amino-alcohol motifs (C(OH)–C–C–N with tert-alkyl or cyclic N) is 1. The molecular formula is C22H36N2O7. The van der Waals surface area contributed by atoms with Crippen molar-refractivity contribution in [3.8, 4) is 0 Å². The highest BCUT2D eigenvalue weighted by atomic mass is 16.6. The van der Waals surface area contributed by atoms with Crippen LogP contribution in [0.25, 0.3) is 0 Å². The Morgan fingerprint density at radius 2 is 1.55 bits per heavy atom. The highest BCUT2D eigenvalue weighted by Crippen LogP contribution is 2.42. The Morgan fingerprint density at radius 3 is 2.19 bits per heavy atom. The Balaban J connectivity index is 1.74. The third-order valence-electron chi connectivity index (χ3n) is 7.04. The van der Waals surface area contributed by atoms with Gasteiger partial charge < -0.3 is 19.3 Å². The van der Waals surface area contributed by atoms with Gasteiger partial charge in [0.15, 0.2) is 0 Å². The summed E-state index contributed by atoms with van der Waals surface area (Å²) >= 11 is 0. The van der Waals surface area contributed by atoms with E-state index in [4.69, 9.17) is 14.2 Å². The van der Waals surface area contributed by atoms with E-state index >= 15 is 0 Å². The Morgan fingerprint density at radius 1 is 0.871 bits per heavy atom. The molecule has 0 aromatic carbocycles. The summed E-state index contributed by atoms with van der Waals surface area (Å²) in [6, 6.07) is -0.848. The second kappa shape index (κ2) is 10.6. The molecule has 3 fully saturated rings. The number of hydrogen-bond donors (Lipinski definition) is 1. The van der Waals surface area contributed by atoms with Gasteiger partial charge in [0.05, 0.1) is 26.4 Å². The lowest BCUT2D eigenvalue weighted by Crippen LogP contribution is -2.59. The van der Waals surface area contributed by atoms with Gasteiger partial charge in [-0.1, -0.05) is 0 Å². The van der Waals surface area contributed by atoms with Gasteiger partial charge in [0.25, 0.3) is 0 Å². The average Bonchev–Trinajstić information content (AvgIpc) is 2.77. The number of esters is 2. The molecule has 6 atom stereocenters. The van der Waals surface area contributed by atoms with Crippen LogP contribution in [0.3, 0.4) is 0 Å². The number of aliphatic hydroxyl groups excluding tert-OH is 1. The summed E-state index contributed by atoms with van der Waals surface area (Å²) in [4.78, 5) is 41.0. The predicted octanol–water partition coefficient (Wildman–Crippen LogP) is 1.56. The van der Waals surface area contributed by atoms with Crippen LogP contribution in [-0.4, -0.2) is 90.6 Å². The number of carbonyl (C=O) groups is 3. The van der Waals surface area contributed by atoms with Crippen LogP contribution in [-0.2, 0) is 23.8 Å². The molecule has 2 aliphatic heterocycles. The smallest absolute Gasteiger partial charge is 0.410 e. The molecule has 176 valence electrons. The molecule has 1 saturated carbocycles. The van der Waals surface area contributed by atoms with Crippen LogP contribution < -0.4 is 0 Å². The monoisotopic (exact) mass is 440 g/mol. The van der Waals surface area contributed by atoms with Crippen molar-refractivity contribution in [1.29, 1.82) is 0 Å². The molecule has 3 rings (SSSR count). The zero-order chi connectivity index (χ0) is 22.5. The highest BCUT2D eigenvalue weighted by molar-refractivity contribution is 5.81. The molecule has 2 heterocycles. The fraction of sp³-hybridized carbons (Fsp3) is 0.864. The van der Waals surface area contributed by atoms with Gasteiger partial charge in [0.1, 0.15) is 12.1 Å². The number of likely N-dealkylation sites (tertiary alicyclic amines) is 2. The molecule has 9 nitrogen and oxygen atoms in total. The van der Waals surface area contributed by atoms with Crippen LogP contribution in [0.5, 0.6) is 0 Å². The lowest BCUT2D eigenvalue weighted by molar-refractivity contribution is -0.156. The van der Waals surface area contributed by atoms with E-state index in [0.29, 0.717) is 39.0 Å². The lowest BCUT2D eigenvalue weighted by atomic mass is 9.70. The van der Waals surface area contributed by atoms with Crippen molar-refractivity contribution in [2.45, 2.75) is 76.6 Å². The summed E-state index contributed by atoms with van der Waals surface area (Å²) in [6.07, 6.45) is 3.35. The number of nitrogens with zero attached hydrogens (tertiary/aromatic N) is 2. The van der Waals surface area contributed by atoms with Crippen LogP contribution in [0.1, 0.15) is 52.4 Å². The topological polar surface area (TPSA) is 106 Å². The van der Waals surface area contributed by atoms with Gasteiger partial charge in [-0.2, -0.15) is 0 Å². The van der Waals surface area contributed by atoms with Gasteiger partial charge in [-0.25, -0.2) is 9.59 Å². The average molecular weight is 441 g/mol. The van der Waals surface area contributed by atoms with Crippen LogP contribution in [0.15, 0.2) is 0 Å². The minimum Gasteiger partial charge on any atom is -0.465 e. The zero-order valence-electron chi connectivity index (χ0n) is 18.8. The van der Waals surface area contributed by atoms with Gasteiger partial charge in [0, 0.05) is 19.1 Å². The van der Waals surface area contributed by atoms with E-state index in [-0.39, 0.29) is 36.5 Å². The number of ether oxygens (including phenoxy) is 3. The summed E-state index contributed by atoms with van der Waals surface area (Å²) in [5.41, 5.74) is 0. The Bertz CT molecular complexity index is 658. The SMILES string of the molecule is CCOC(=O)C1CC2CC(N3C[C@@H](O)CCC3C(=O)OCC)CCC2CN1C(=O)OC. The molecule has 2 saturated heterocycles. The third-order valence-corrected chi connectivity index (χ3v) is 7.04. The first-order chi connectivity index (χ1) is 14.9. The van der Waals surface area contributed by atoms with E-state index in [0.717, 1.165) is 19.3 Å². The van der Waals surface area contributed by atoms with Crippen LogP contribution >= 0.6 is 0 Å². The van der Waals surface area contributed by atoms with Crippen LogP contribution in [0, 0.1) is 11.8 Å². The summed E-state index contributed by atoms with van der Waals surface area (Å²) in [7, 11) is 1.32. The van der Waals surface area contributed by atoms with Gasteiger partial charge in [-0.15, -0.1) is 0 Å².